The van der Waals surface area contributed by atoms with Gasteiger partial charge < -0.3 is 16.2 Å². The summed E-state index contributed by atoms with van der Waals surface area (Å²) in [5.41, 5.74) is 5.79. The molecule has 19 heavy (non-hydrogen) atoms. The van der Waals surface area contributed by atoms with Gasteiger partial charge in [-0.3, -0.25) is 4.79 Å². The van der Waals surface area contributed by atoms with Crippen molar-refractivity contribution in [2.45, 2.75) is 44.7 Å². The number of carboxylic acids is 1. The van der Waals surface area contributed by atoms with Gasteiger partial charge >= 0.3 is 5.97 Å². The standard InChI is InChI=1S/C13H20N2O3S/c1-2-3-6-11(13(17)18)15-12(16)10(14)8-9-5-4-7-19-9/h4-5,7,10-11H,2-3,6,8,14H2,1H3,(H,15,16)(H,17,18)/t10-,11-/m0/s1. The second-order valence-electron chi connectivity index (χ2n) is 4.43. The first kappa shape index (κ1) is 15.7. The lowest BCUT2D eigenvalue weighted by molar-refractivity contribution is -0.142. The molecule has 1 amide bonds. The molecule has 5 nitrogen and oxygen atoms in total. The predicted molar refractivity (Wildman–Crippen MR) is 75.1 cm³/mol. The lowest BCUT2D eigenvalue weighted by Gasteiger charge is -2.17. The highest BCUT2D eigenvalue weighted by Crippen LogP contribution is 2.10. The van der Waals surface area contributed by atoms with Gasteiger partial charge in [-0.2, -0.15) is 0 Å². The van der Waals surface area contributed by atoms with Crippen LogP contribution in [0.4, 0.5) is 0 Å². The number of hydrogen-bond donors (Lipinski definition) is 3. The van der Waals surface area contributed by atoms with Gasteiger partial charge in [0.2, 0.25) is 5.91 Å². The summed E-state index contributed by atoms with van der Waals surface area (Å²) in [6, 6.07) is 2.25. The SMILES string of the molecule is CCCC[C@H](NC(=O)[C@@H](N)Cc1cccs1)C(=O)O. The number of thiophene rings is 1. The van der Waals surface area contributed by atoms with Gasteiger partial charge in [0.1, 0.15) is 6.04 Å². The van der Waals surface area contributed by atoms with Crippen LogP contribution in [0.3, 0.4) is 0 Å². The molecule has 0 saturated carbocycles. The number of aliphatic carboxylic acids is 1. The fourth-order valence-corrected chi connectivity index (χ4v) is 2.45. The fourth-order valence-electron chi connectivity index (χ4n) is 1.68. The lowest BCUT2D eigenvalue weighted by Crippen LogP contribution is -2.49. The van der Waals surface area contributed by atoms with E-state index in [1.807, 2.05) is 24.4 Å². The molecule has 0 radical (unpaired) electrons. The van der Waals surface area contributed by atoms with E-state index in [1.165, 1.54) is 11.3 Å². The van der Waals surface area contributed by atoms with Crippen molar-refractivity contribution >= 4 is 23.2 Å². The Kier molecular flexibility index (Phi) is 6.52. The molecule has 0 unspecified atom stereocenters. The number of unbranched alkanes of at least 4 members (excludes halogenated alkanes) is 1. The Balaban J connectivity index is 2.48. The van der Waals surface area contributed by atoms with Crippen molar-refractivity contribution < 1.29 is 14.7 Å². The van der Waals surface area contributed by atoms with Gasteiger partial charge in [-0.1, -0.05) is 25.8 Å². The molecule has 0 aliphatic heterocycles. The molecule has 1 rings (SSSR count). The van der Waals surface area contributed by atoms with E-state index < -0.39 is 24.0 Å². The molecule has 6 heteroatoms. The molecule has 106 valence electrons. The zero-order chi connectivity index (χ0) is 14.3. The molecule has 2 atom stereocenters. The number of carboxylic acid groups (broad SMARTS) is 1. The lowest BCUT2D eigenvalue weighted by atomic mass is 10.1. The van der Waals surface area contributed by atoms with E-state index in [0.717, 1.165) is 17.7 Å². The highest BCUT2D eigenvalue weighted by molar-refractivity contribution is 7.09. The highest BCUT2D eigenvalue weighted by Gasteiger charge is 2.22. The number of amides is 1. The molecule has 4 N–H and O–H groups in total. The van der Waals surface area contributed by atoms with Crippen LogP contribution < -0.4 is 11.1 Å². The average Bonchev–Trinajstić information content (AvgIpc) is 2.86. The highest BCUT2D eigenvalue weighted by atomic mass is 32.1. The van der Waals surface area contributed by atoms with Gasteiger partial charge in [0, 0.05) is 11.3 Å². The van der Waals surface area contributed by atoms with Crippen LogP contribution >= 0.6 is 11.3 Å². The summed E-state index contributed by atoms with van der Waals surface area (Å²) in [6.45, 7) is 1.98. The maximum atomic E-state index is 11.9. The van der Waals surface area contributed by atoms with E-state index in [9.17, 15) is 9.59 Å². The van der Waals surface area contributed by atoms with Gasteiger partial charge in [0.05, 0.1) is 6.04 Å². The van der Waals surface area contributed by atoms with Crippen LogP contribution in [0, 0.1) is 0 Å². The van der Waals surface area contributed by atoms with E-state index in [4.69, 9.17) is 10.8 Å². The number of nitrogens with one attached hydrogen (secondary N) is 1. The van der Waals surface area contributed by atoms with E-state index in [-0.39, 0.29) is 0 Å². The first-order chi connectivity index (χ1) is 9.04. The molecular formula is C13H20N2O3S. The van der Waals surface area contributed by atoms with Crippen LogP contribution in [-0.2, 0) is 16.0 Å². The summed E-state index contributed by atoms with van der Waals surface area (Å²) >= 11 is 1.53. The van der Waals surface area contributed by atoms with Crippen molar-refractivity contribution in [2.75, 3.05) is 0 Å². The van der Waals surface area contributed by atoms with E-state index in [2.05, 4.69) is 5.32 Å². The van der Waals surface area contributed by atoms with Gasteiger partial charge in [-0.05, 0) is 17.9 Å². The quantitative estimate of drug-likeness (QED) is 0.672. The van der Waals surface area contributed by atoms with Gasteiger partial charge in [-0.25, -0.2) is 4.79 Å². The number of hydrogen-bond acceptors (Lipinski definition) is 4. The summed E-state index contributed by atoms with van der Waals surface area (Å²) in [4.78, 5) is 23.9. The Morgan fingerprint density at radius 1 is 1.53 bits per heavy atom. The topological polar surface area (TPSA) is 92.4 Å². The maximum absolute atomic E-state index is 11.9. The monoisotopic (exact) mass is 284 g/mol. The second-order valence-corrected chi connectivity index (χ2v) is 5.46. The summed E-state index contributed by atoms with van der Waals surface area (Å²) in [5.74, 6) is -1.41. The van der Waals surface area contributed by atoms with Gasteiger partial charge in [-0.15, -0.1) is 11.3 Å². The van der Waals surface area contributed by atoms with E-state index in [1.54, 1.807) is 0 Å². The maximum Gasteiger partial charge on any atom is 0.326 e. The predicted octanol–water partition coefficient (Wildman–Crippen LogP) is 1.38. The minimum Gasteiger partial charge on any atom is -0.480 e. The molecular weight excluding hydrogens is 264 g/mol. The van der Waals surface area contributed by atoms with Crippen molar-refractivity contribution in [2.24, 2.45) is 5.73 Å². The Morgan fingerprint density at radius 2 is 2.26 bits per heavy atom. The molecule has 1 aromatic heterocycles. The smallest absolute Gasteiger partial charge is 0.326 e. The van der Waals surface area contributed by atoms with Crippen molar-refractivity contribution in [1.29, 1.82) is 0 Å². The third-order valence-electron chi connectivity index (χ3n) is 2.80. The Labute approximate surface area is 116 Å². The Morgan fingerprint density at radius 3 is 2.79 bits per heavy atom. The van der Waals surface area contributed by atoms with Crippen LogP contribution in [0.1, 0.15) is 31.1 Å². The summed E-state index contributed by atoms with van der Waals surface area (Å²) < 4.78 is 0. The second kappa shape index (κ2) is 7.91. The van der Waals surface area contributed by atoms with E-state index in [0.29, 0.717) is 12.8 Å². The molecule has 1 heterocycles. The first-order valence-electron chi connectivity index (χ1n) is 6.35. The Bertz CT molecular complexity index is 406. The first-order valence-corrected chi connectivity index (χ1v) is 7.23. The summed E-state index contributed by atoms with van der Waals surface area (Å²) in [6.07, 6.45) is 2.52. The van der Waals surface area contributed by atoms with Crippen LogP contribution in [0.2, 0.25) is 0 Å². The molecule has 1 aromatic rings. The minimum atomic E-state index is -1.01. The Hall–Kier alpha value is -1.40. The largest absolute Gasteiger partial charge is 0.480 e. The number of nitrogens with two attached hydrogens (primary N) is 1. The molecule has 0 bridgehead atoms. The molecule has 0 saturated heterocycles. The van der Waals surface area contributed by atoms with Crippen molar-refractivity contribution in [3.63, 3.8) is 0 Å². The molecule has 0 aliphatic carbocycles. The number of rotatable bonds is 8. The number of carbonyl (C=O) groups is 2. The van der Waals surface area contributed by atoms with Crippen molar-refractivity contribution in [3.05, 3.63) is 22.4 Å². The normalized spacial score (nSPS) is 13.8. The minimum absolute atomic E-state index is 0.406. The van der Waals surface area contributed by atoms with Crippen LogP contribution in [0.25, 0.3) is 0 Å². The third kappa shape index (κ3) is 5.40. The summed E-state index contributed by atoms with van der Waals surface area (Å²) in [5, 5.41) is 13.5. The van der Waals surface area contributed by atoms with Crippen molar-refractivity contribution in [3.8, 4) is 0 Å². The van der Waals surface area contributed by atoms with Gasteiger partial charge in [0.15, 0.2) is 0 Å². The van der Waals surface area contributed by atoms with Crippen LogP contribution in [0.15, 0.2) is 17.5 Å². The molecule has 0 aliphatic rings. The van der Waals surface area contributed by atoms with Gasteiger partial charge in [0.25, 0.3) is 0 Å². The average molecular weight is 284 g/mol. The summed E-state index contributed by atoms with van der Waals surface area (Å²) in [7, 11) is 0. The third-order valence-corrected chi connectivity index (χ3v) is 3.70. The van der Waals surface area contributed by atoms with Crippen molar-refractivity contribution in [1.82, 2.24) is 5.32 Å². The van der Waals surface area contributed by atoms with E-state index >= 15 is 0 Å². The molecule has 0 fully saturated rings. The fraction of sp³-hybridized carbons (Fsp3) is 0.538. The number of carbonyl (C=O) groups excluding carboxylic acids is 1. The molecule has 0 aromatic carbocycles. The van der Waals surface area contributed by atoms with Crippen LogP contribution in [-0.4, -0.2) is 29.1 Å². The zero-order valence-electron chi connectivity index (χ0n) is 11.0. The van der Waals surface area contributed by atoms with Crippen LogP contribution in [0.5, 0.6) is 0 Å². The zero-order valence-corrected chi connectivity index (χ0v) is 11.8. The molecule has 0 spiro atoms.